The Hall–Kier alpha value is -3.06. The van der Waals surface area contributed by atoms with Crippen LogP contribution < -0.4 is 0 Å². The number of halogens is 1. The van der Waals surface area contributed by atoms with Crippen molar-refractivity contribution in [3.05, 3.63) is 69.3 Å². The van der Waals surface area contributed by atoms with Gasteiger partial charge in [0.05, 0.1) is 11.5 Å². The molecule has 1 N–H and O–H groups in total. The van der Waals surface area contributed by atoms with Gasteiger partial charge in [-0.15, -0.1) is 0 Å². The van der Waals surface area contributed by atoms with E-state index in [2.05, 4.69) is 4.98 Å². The first-order valence-electron chi connectivity index (χ1n) is 7.90. The number of ether oxygens (including phenoxy) is 1. The minimum atomic E-state index is -0.480. The van der Waals surface area contributed by atoms with Crippen molar-refractivity contribution in [1.29, 1.82) is 0 Å². The molecule has 7 nitrogen and oxygen atoms in total. The van der Waals surface area contributed by atoms with E-state index >= 15 is 0 Å². The molecule has 0 aliphatic heterocycles. The number of aromatic nitrogens is 2. The first-order valence-corrected chi connectivity index (χ1v) is 8.28. The molecule has 3 aromatic rings. The number of aromatic amines is 1. The van der Waals surface area contributed by atoms with Gasteiger partial charge in [0.25, 0.3) is 5.69 Å². The molecule has 8 heteroatoms. The molecule has 0 bridgehead atoms. The Kier molecular flexibility index (Phi) is 4.81. The van der Waals surface area contributed by atoms with E-state index < -0.39 is 10.9 Å². The second-order valence-corrected chi connectivity index (χ2v) is 6.08. The van der Waals surface area contributed by atoms with Crippen LogP contribution in [0, 0.1) is 17.0 Å². The maximum Gasteiger partial charge on any atom is 0.355 e. The second kappa shape index (κ2) is 7.05. The summed E-state index contributed by atoms with van der Waals surface area (Å²) in [7, 11) is 0. The minimum Gasteiger partial charge on any atom is -0.461 e. The van der Waals surface area contributed by atoms with Gasteiger partial charge in [0.1, 0.15) is 11.4 Å². The first kappa shape index (κ1) is 17.8. The molecule has 0 saturated heterocycles. The van der Waals surface area contributed by atoms with Crippen LogP contribution in [0.5, 0.6) is 0 Å². The largest absolute Gasteiger partial charge is 0.461 e. The second-order valence-electron chi connectivity index (χ2n) is 5.64. The predicted octanol–water partition coefficient (Wildman–Crippen LogP) is 4.52. The maximum atomic E-state index is 12.1. The van der Waals surface area contributed by atoms with Crippen molar-refractivity contribution < 1.29 is 14.5 Å². The van der Waals surface area contributed by atoms with Crippen LogP contribution >= 0.6 is 11.6 Å². The number of nitrogens with one attached hydrogen (secondary N) is 1. The molecule has 0 aliphatic rings. The summed E-state index contributed by atoms with van der Waals surface area (Å²) in [5, 5.41) is 11.6. The molecule has 0 spiro atoms. The SMILES string of the molecule is CCOC(=O)c1[nH]cc(C)c1-c1ccn(-c2ccc(Cl)cc2[N+](=O)[O-])c1. The Balaban J connectivity index is 2.07. The molecule has 0 fully saturated rings. The number of hydrogen-bond acceptors (Lipinski definition) is 4. The number of hydrogen-bond donors (Lipinski definition) is 1. The standard InChI is InChI=1S/C18H16ClN3O4/c1-3-26-18(23)17-16(11(2)9-20-17)12-6-7-21(10-12)14-5-4-13(19)8-15(14)22(24)25/h4-10,20H,3H2,1-2H3. The summed E-state index contributed by atoms with van der Waals surface area (Å²) in [5.74, 6) is -0.444. The lowest BCUT2D eigenvalue weighted by Gasteiger charge is -2.06. The Labute approximate surface area is 154 Å². The van der Waals surface area contributed by atoms with Gasteiger partial charge in [0.2, 0.25) is 0 Å². The zero-order chi connectivity index (χ0) is 18.8. The molecular weight excluding hydrogens is 358 g/mol. The highest BCUT2D eigenvalue weighted by molar-refractivity contribution is 6.30. The van der Waals surface area contributed by atoms with Gasteiger partial charge in [0.15, 0.2) is 0 Å². The highest BCUT2D eigenvalue weighted by Crippen LogP contribution is 2.32. The lowest BCUT2D eigenvalue weighted by molar-refractivity contribution is -0.384. The molecule has 0 atom stereocenters. The van der Waals surface area contributed by atoms with E-state index in [0.29, 0.717) is 22.0 Å². The number of carbonyl (C=O) groups excluding carboxylic acids is 1. The summed E-state index contributed by atoms with van der Waals surface area (Å²) in [5.41, 5.74) is 2.96. The fourth-order valence-electron chi connectivity index (χ4n) is 2.81. The number of aryl methyl sites for hydroxylation is 1. The molecule has 26 heavy (non-hydrogen) atoms. The van der Waals surface area contributed by atoms with Gasteiger partial charge in [-0.3, -0.25) is 10.1 Å². The molecule has 134 valence electrons. The van der Waals surface area contributed by atoms with Crippen LogP contribution in [0.1, 0.15) is 23.0 Å². The highest BCUT2D eigenvalue weighted by atomic mass is 35.5. The molecule has 0 unspecified atom stereocenters. The Morgan fingerprint density at radius 1 is 1.38 bits per heavy atom. The van der Waals surface area contributed by atoms with E-state index in [1.807, 2.05) is 6.92 Å². The predicted molar refractivity (Wildman–Crippen MR) is 97.9 cm³/mol. The van der Waals surface area contributed by atoms with Crippen molar-refractivity contribution in [2.24, 2.45) is 0 Å². The van der Waals surface area contributed by atoms with Crippen molar-refractivity contribution in [3.8, 4) is 16.8 Å². The Morgan fingerprint density at radius 2 is 2.15 bits per heavy atom. The molecule has 0 radical (unpaired) electrons. The van der Waals surface area contributed by atoms with E-state index in [9.17, 15) is 14.9 Å². The average molecular weight is 374 g/mol. The average Bonchev–Trinajstić information content (AvgIpc) is 3.21. The third kappa shape index (κ3) is 3.21. The third-order valence-corrected chi connectivity index (χ3v) is 4.19. The number of benzene rings is 1. The minimum absolute atomic E-state index is 0.101. The molecule has 0 aliphatic carbocycles. The van der Waals surface area contributed by atoms with E-state index in [0.717, 1.165) is 11.1 Å². The van der Waals surface area contributed by atoms with Crippen molar-refractivity contribution >= 4 is 23.3 Å². The number of nitro benzene ring substituents is 1. The highest BCUT2D eigenvalue weighted by Gasteiger charge is 2.21. The molecule has 0 amide bonds. The summed E-state index contributed by atoms with van der Waals surface area (Å²) in [6.45, 7) is 3.88. The zero-order valence-electron chi connectivity index (χ0n) is 14.2. The first-order chi connectivity index (χ1) is 12.4. The quantitative estimate of drug-likeness (QED) is 0.404. The number of carbonyl (C=O) groups is 1. The van der Waals surface area contributed by atoms with Crippen LogP contribution in [0.3, 0.4) is 0 Å². The van der Waals surface area contributed by atoms with E-state index in [-0.39, 0.29) is 12.3 Å². The van der Waals surface area contributed by atoms with Gasteiger partial charge in [-0.25, -0.2) is 4.79 Å². The third-order valence-electron chi connectivity index (χ3n) is 3.95. The van der Waals surface area contributed by atoms with Gasteiger partial charge in [-0.2, -0.15) is 0 Å². The fraction of sp³-hybridized carbons (Fsp3) is 0.167. The fourth-order valence-corrected chi connectivity index (χ4v) is 2.98. The summed E-state index contributed by atoms with van der Waals surface area (Å²) in [6.07, 6.45) is 5.16. The van der Waals surface area contributed by atoms with Crippen molar-refractivity contribution in [3.63, 3.8) is 0 Å². The van der Waals surface area contributed by atoms with Crippen molar-refractivity contribution in [2.75, 3.05) is 6.61 Å². The van der Waals surface area contributed by atoms with Gasteiger partial charge < -0.3 is 14.3 Å². The van der Waals surface area contributed by atoms with Gasteiger partial charge in [-0.05, 0) is 37.6 Å². The summed E-state index contributed by atoms with van der Waals surface area (Å²) >= 11 is 5.87. The number of nitrogens with zero attached hydrogens (tertiary/aromatic N) is 2. The number of H-pyrrole nitrogens is 1. The van der Waals surface area contributed by atoms with Crippen LogP contribution in [-0.4, -0.2) is 27.1 Å². The smallest absolute Gasteiger partial charge is 0.355 e. The van der Waals surface area contributed by atoms with Crippen LogP contribution in [0.25, 0.3) is 16.8 Å². The molecule has 3 rings (SSSR count). The number of esters is 1. The molecule has 1 aromatic carbocycles. The van der Waals surface area contributed by atoms with Crippen LogP contribution in [0.2, 0.25) is 5.02 Å². The monoisotopic (exact) mass is 373 g/mol. The Morgan fingerprint density at radius 3 is 2.85 bits per heavy atom. The van der Waals surface area contributed by atoms with E-state index in [1.165, 1.54) is 6.07 Å². The van der Waals surface area contributed by atoms with Crippen LogP contribution in [-0.2, 0) is 4.74 Å². The Bertz CT molecular complexity index is 990. The van der Waals surface area contributed by atoms with Gasteiger partial charge in [0, 0.05) is 40.8 Å². The molecule has 2 aromatic heterocycles. The van der Waals surface area contributed by atoms with Crippen molar-refractivity contribution in [2.45, 2.75) is 13.8 Å². The zero-order valence-corrected chi connectivity index (χ0v) is 14.9. The van der Waals surface area contributed by atoms with Crippen molar-refractivity contribution in [1.82, 2.24) is 9.55 Å². The van der Waals surface area contributed by atoms with Gasteiger partial charge in [-0.1, -0.05) is 11.6 Å². The summed E-state index contributed by atoms with van der Waals surface area (Å²) in [6, 6.07) is 6.27. The number of rotatable bonds is 5. The van der Waals surface area contributed by atoms with E-state index in [1.54, 1.807) is 48.3 Å². The maximum absolute atomic E-state index is 12.1. The summed E-state index contributed by atoms with van der Waals surface area (Å²) in [4.78, 5) is 25.9. The molecule has 0 saturated carbocycles. The van der Waals surface area contributed by atoms with Crippen LogP contribution in [0.4, 0.5) is 5.69 Å². The summed E-state index contributed by atoms with van der Waals surface area (Å²) < 4.78 is 6.71. The van der Waals surface area contributed by atoms with Crippen LogP contribution in [0.15, 0.2) is 42.9 Å². The molecular formula is C18H16ClN3O4. The number of nitro groups is 1. The normalized spacial score (nSPS) is 10.7. The topological polar surface area (TPSA) is 90.2 Å². The van der Waals surface area contributed by atoms with E-state index in [4.69, 9.17) is 16.3 Å². The molecule has 2 heterocycles. The lowest BCUT2D eigenvalue weighted by atomic mass is 10.1. The van der Waals surface area contributed by atoms with Gasteiger partial charge >= 0.3 is 5.97 Å². The lowest BCUT2D eigenvalue weighted by Crippen LogP contribution is -2.06.